The van der Waals surface area contributed by atoms with E-state index in [1.807, 2.05) is 24.3 Å². The zero-order chi connectivity index (χ0) is 17.5. The number of benzene rings is 2. The predicted octanol–water partition coefficient (Wildman–Crippen LogP) is 3.95. The number of nitrogens with one attached hydrogen (secondary N) is 2. The molecule has 1 unspecified atom stereocenters. The maximum Gasteiger partial charge on any atom is 0.262 e. The van der Waals surface area contributed by atoms with Gasteiger partial charge in [-0.05, 0) is 55.0 Å². The number of halogens is 2. The van der Waals surface area contributed by atoms with Crippen LogP contribution in [0.4, 0.5) is 5.69 Å². The molecule has 0 radical (unpaired) electrons. The van der Waals surface area contributed by atoms with Crippen molar-refractivity contribution >= 4 is 41.0 Å². The van der Waals surface area contributed by atoms with E-state index in [9.17, 15) is 4.79 Å². The van der Waals surface area contributed by atoms with Gasteiger partial charge in [0.05, 0.1) is 23.4 Å². The zero-order valence-electron chi connectivity index (χ0n) is 13.2. The molecule has 0 aromatic heterocycles. The third-order valence-electron chi connectivity index (χ3n) is 3.20. The first-order chi connectivity index (χ1) is 11.5. The second-order valence-corrected chi connectivity index (χ2v) is 5.82. The first kappa shape index (κ1) is 18.1. The summed E-state index contributed by atoms with van der Waals surface area (Å²) < 4.78 is 5.08. The molecule has 0 aliphatic heterocycles. The first-order valence-electron chi connectivity index (χ1n) is 7.18. The molecule has 1 amide bonds. The predicted molar refractivity (Wildman–Crippen MR) is 98.3 cm³/mol. The topological polar surface area (TPSA) is 62.7 Å². The Morgan fingerprint density at radius 2 is 1.88 bits per heavy atom. The number of carbonyl (C=O) groups is 1. The van der Waals surface area contributed by atoms with Crippen molar-refractivity contribution in [2.45, 2.75) is 13.0 Å². The summed E-state index contributed by atoms with van der Waals surface area (Å²) in [6.07, 6.45) is 1.56. The molecule has 0 saturated carbocycles. The van der Waals surface area contributed by atoms with Gasteiger partial charge in [-0.15, -0.1) is 0 Å². The van der Waals surface area contributed by atoms with Crippen LogP contribution >= 0.6 is 23.2 Å². The van der Waals surface area contributed by atoms with Gasteiger partial charge in [0.15, 0.2) is 0 Å². The van der Waals surface area contributed by atoms with Crippen molar-refractivity contribution in [3.05, 3.63) is 58.1 Å². The zero-order valence-corrected chi connectivity index (χ0v) is 14.7. The van der Waals surface area contributed by atoms with E-state index < -0.39 is 6.04 Å². The molecule has 2 aromatic rings. The van der Waals surface area contributed by atoms with E-state index in [1.165, 1.54) is 0 Å². The average Bonchev–Trinajstić information content (AvgIpc) is 2.58. The maximum absolute atomic E-state index is 12.0. The van der Waals surface area contributed by atoms with Crippen molar-refractivity contribution in [3.63, 3.8) is 0 Å². The molecule has 1 atom stereocenters. The maximum atomic E-state index is 12.0. The van der Waals surface area contributed by atoms with Crippen LogP contribution in [0.5, 0.6) is 5.75 Å². The van der Waals surface area contributed by atoms with E-state index in [1.54, 1.807) is 38.4 Å². The van der Waals surface area contributed by atoms with Crippen LogP contribution in [-0.4, -0.2) is 25.3 Å². The lowest BCUT2D eigenvalue weighted by Gasteiger charge is -2.13. The highest BCUT2D eigenvalue weighted by Gasteiger charge is 2.12. The van der Waals surface area contributed by atoms with Crippen molar-refractivity contribution in [2.24, 2.45) is 5.10 Å². The van der Waals surface area contributed by atoms with Gasteiger partial charge in [-0.2, -0.15) is 5.10 Å². The van der Waals surface area contributed by atoms with E-state index in [-0.39, 0.29) is 5.91 Å². The van der Waals surface area contributed by atoms with Gasteiger partial charge in [0.25, 0.3) is 5.91 Å². The van der Waals surface area contributed by atoms with Crippen LogP contribution in [0.1, 0.15) is 12.5 Å². The lowest BCUT2D eigenvalue weighted by molar-refractivity contribution is -0.121. The molecular weight excluding hydrogens is 349 g/mol. The molecule has 2 rings (SSSR count). The highest BCUT2D eigenvalue weighted by atomic mass is 35.5. The van der Waals surface area contributed by atoms with Crippen molar-refractivity contribution in [1.82, 2.24) is 5.43 Å². The van der Waals surface area contributed by atoms with Crippen LogP contribution in [-0.2, 0) is 4.79 Å². The number of hydrogen-bond donors (Lipinski definition) is 2. The number of ether oxygens (including phenoxy) is 1. The minimum Gasteiger partial charge on any atom is -0.497 e. The van der Waals surface area contributed by atoms with Crippen LogP contribution in [0.2, 0.25) is 10.0 Å². The van der Waals surface area contributed by atoms with Gasteiger partial charge in [-0.1, -0.05) is 23.2 Å². The van der Waals surface area contributed by atoms with Crippen LogP contribution in [0.3, 0.4) is 0 Å². The monoisotopic (exact) mass is 365 g/mol. The van der Waals surface area contributed by atoms with Crippen LogP contribution < -0.4 is 15.5 Å². The summed E-state index contributed by atoms with van der Waals surface area (Å²) in [6.45, 7) is 1.72. The minimum absolute atomic E-state index is 0.272. The quantitative estimate of drug-likeness (QED) is 0.601. The summed E-state index contributed by atoms with van der Waals surface area (Å²) in [6, 6.07) is 11.9. The molecule has 0 heterocycles. The van der Waals surface area contributed by atoms with Crippen molar-refractivity contribution in [3.8, 4) is 5.75 Å². The third-order valence-corrected chi connectivity index (χ3v) is 3.94. The van der Waals surface area contributed by atoms with Crippen LogP contribution in [0.15, 0.2) is 47.6 Å². The van der Waals surface area contributed by atoms with E-state index in [0.717, 1.165) is 11.3 Å². The van der Waals surface area contributed by atoms with Crippen molar-refractivity contribution in [2.75, 3.05) is 12.4 Å². The normalized spacial score (nSPS) is 12.0. The van der Waals surface area contributed by atoms with Gasteiger partial charge >= 0.3 is 0 Å². The Morgan fingerprint density at radius 1 is 1.17 bits per heavy atom. The highest BCUT2D eigenvalue weighted by molar-refractivity contribution is 6.42. The standard InChI is InChI=1S/C17H17Cl2N3O2/c1-11(21-13-5-8-15(18)16(19)9-13)17(23)22-20-10-12-3-6-14(24-2)7-4-12/h3-11,21H,1-2H3,(H,22,23). The molecular formula is C17H17Cl2N3O2. The van der Waals surface area contributed by atoms with Gasteiger partial charge in [-0.25, -0.2) is 5.43 Å². The Labute approximate surface area is 150 Å². The molecule has 7 heteroatoms. The molecule has 5 nitrogen and oxygen atoms in total. The summed E-state index contributed by atoms with van der Waals surface area (Å²) in [5.41, 5.74) is 4.03. The Balaban J connectivity index is 1.88. The van der Waals surface area contributed by atoms with Gasteiger partial charge in [0.1, 0.15) is 11.8 Å². The lowest BCUT2D eigenvalue weighted by atomic mass is 10.2. The smallest absolute Gasteiger partial charge is 0.262 e. The van der Waals surface area contributed by atoms with E-state index >= 15 is 0 Å². The molecule has 126 valence electrons. The van der Waals surface area contributed by atoms with Gasteiger partial charge in [0, 0.05) is 5.69 Å². The molecule has 0 spiro atoms. The molecule has 0 bridgehead atoms. The molecule has 2 N–H and O–H groups in total. The van der Waals surface area contributed by atoms with E-state index in [4.69, 9.17) is 27.9 Å². The van der Waals surface area contributed by atoms with Gasteiger partial charge in [-0.3, -0.25) is 4.79 Å². The summed E-state index contributed by atoms with van der Waals surface area (Å²) in [5, 5.41) is 7.85. The SMILES string of the molecule is COc1ccc(C=NNC(=O)C(C)Nc2ccc(Cl)c(Cl)c2)cc1. The summed E-state index contributed by atoms with van der Waals surface area (Å²) in [4.78, 5) is 12.0. The fourth-order valence-corrected chi connectivity index (χ4v) is 2.16. The largest absolute Gasteiger partial charge is 0.497 e. The fourth-order valence-electron chi connectivity index (χ4n) is 1.86. The number of amides is 1. The molecule has 2 aromatic carbocycles. The van der Waals surface area contributed by atoms with Crippen LogP contribution in [0.25, 0.3) is 0 Å². The number of nitrogens with zero attached hydrogens (tertiary/aromatic N) is 1. The molecule has 0 fully saturated rings. The van der Waals surface area contributed by atoms with Crippen molar-refractivity contribution in [1.29, 1.82) is 0 Å². The number of hydrogen-bond acceptors (Lipinski definition) is 4. The molecule has 24 heavy (non-hydrogen) atoms. The summed E-state index contributed by atoms with van der Waals surface area (Å²) >= 11 is 11.8. The Bertz CT molecular complexity index is 733. The Hall–Kier alpha value is -2.24. The Morgan fingerprint density at radius 3 is 2.50 bits per heavy atom. The first-order valence-corrected chi connectivity index (χ1v) is 7.93. The molecule has 0 saturated heterocycles. The summed E-state index contributed by atoms with van der Waals surface area (Å²) in [7, 11) is 1.60. The average molecular weight is 366 g/mol. The fraction of sp³-hybridized carbons (Fsp3) is 0.176. The van der Waals surface area contributed by atoms with Crippen LogP contribution in [0, 0.1) is 0 Å². The van der Waals surface area contributed by atoms with Crippen molar-refractivity contribution < 1.29 is 9.53 Å². The third kappa shape index (κ3) is 5.15. The number of rotatable bonds is 6. The van der Waals surface area contributed by atoms with Gasteiger partial charge < -0.3 is 10.1 Å². The second kappa shape index (κ2) is 8.57. The highest BCUT2D eigenvalue weighted by Crippen LogP contribution is 2.25. The minimum atomic E-state index is -0.491. The van der Waals surface area contributed by atoms with Gasteiger partial charge in [0.2, 0.25) is 0 Å². The molecule has 0 aliphatic carbocycles. The lowest BCUT2D eigenvalue weighted by Crippen LogP contribution is -2.34. The summed E-state index contributed by atoms with van der Waals surface area (Å²) in [5.74, 6) is 0.487. The Kier molecular flexibility index (Phi) is 6.46. The van der Waals surface area contributed by atoms with E-state index in [2.05, 4.69) is 15.8 Å². The number of methoxy groups -OCH3 is 1. The number of hydrazone groups is 1. The van der Waals surface area contributed by atoms with E-state index in [0.29, 0.717) is 15.7 Å². The second-order valence-electron chi connectivity index (χ2n) is 5.00. The number of carbonyl (C=O) groups excluding carboxylic acids is 1. The number of anilines is 1. The molecule has 0 aliphatic rings.